The van der Waals surface area contributed by atoms with Crippen LogP contribution in [0.3, 0.4) is 0 Å². The first-order valence-corrected chi connectivity index (χ1v) is 10.6. The first-order valence-electron chi connectivity index (χ1n) is 9.44. The van der Waals surface area contributed by atoms with Crippen LogP contribution in [0.1, 0.15) is 15.9 Å². The Bertz CT molecular complexity index is 1120. The second-order valence-corrected chi connectivity index (χ2v) is 7.67. The molecule has 3 aromatic rings. The monoisotopic (exact) mass is 492 g/mol. The predicted octanol–water partition coefficient (Wildman–Crippen LogP) is 5.88. The minimum atomic E-state index is -0.411. The second kappa shape index (κ2) is 11.6. The van der Waals surface area contributed by atoms with E-state index in [1.165, 1.54) is 6.21 Å². The zero-order valence-corrected chi connectivity index (χ0v) is 19.2. The molecule has 0 aliphatic rings. The van der Waals surface area contributed by atoms with Gasteiger partial charge in [0, 0.05) is 27.2 Å². The molecule has 0 aromatic heterocycles. The van der Waals surface area contributed by atoms with E-state index in [2.05, 4.69) is 10.5 Å². The summed E-state index contributed by atoms with van der Waals surface area (Å²) in [4.78, 5) is 12.2. The highest BCUT2D eigenvalue weighted by atomic mass is 35.5. The fourth-order valence-electron chi connectivity index (χ4n) is 2.68. The molecule has 0 spiro atoms. The summed E-state index contributed by atoms with van der Waals surface area (Å²) < 4.78 is 16.6. The van der Waals surface area contributed by atoms with Gasteiger partial charge in [-0.05, 0) is 42.5 Å². The summed E-state index contributed by atoms with van der Waals surface area (Å²) in [5, 5.41) is 5.14. The molecule has 0 radical (unpaired) electrons. The first-order chi connectivity index (χ1) is 15.5. The topological polar surface area (TPSA) is 69.2 Å². The zero-order valence-electron chi connectivity index (χ0n) is 17.0. The van der Waals surface area contributed by atoms with Gasteiger partial charge < -0.3 is 14.2 Å². The highest BCUT2D eigenvalue weighted by Crippen LogP contribution is 2.31. The average molecular weight is 494 g/mol. The number of carbonyl (C=O) groups excluding carboxylic acids is 1. The Morgan fingerprint density at radius 2 is 1.69 bits per heavy atom. The number of nitrogens with zero attached hydrogens (tertiary/aromatic N) is 1. The molecule has 0 saturated heterocycles. The lowest BCUT2D eigenvalue weighted by atomic mass is 10.2. The number of amides is 1. The van der Waals surface area contributed by atoms with Crippen LogP contribution in [0.25, 0.3) is 0 Å². The average Bonchev–Trinajstić information content (AvgIpc) is 2.78. The van der Waals surface area contributed by atoms with E-state index < -0.39 is 5.91 Å². The van der Waals surface area contributed by atoms with Crippen LogP contribution in [0.4, 0.5) is 0 Å². The molecule has 9 heteroatoms. The Kier molecular flexibility index (Phi) is 8.62. The maximum absolute atomic E-state index is 12.2. The van der Waals surface area contributed by atoms with Crippen molar-refractivity contribution in [2.24, 2.45) is 5.10 Å². The van der Waals surface area contributed by atoms with E-state index >= 15 is 0 Å². The van der Waals surface area contributed by atoms with Gasteiger partial charge in [0.15, 0.2) is 0 Å². The van der Waals surface area contributed by atoms with Gasteiger partial charge in [-0.3, -0.25) is 4.79 Å². The van der Waals surface area contributed by atoms with Crippen molar-refractivity contribution >= 4 is 46.9 Å². The van der Waals surface area contributed by atoms with Crippen molar-refractivity contribution in [2.45, 2.75) is 0 Å². The summed E-state index contributed by atoms with van der Waals surface area (Å²) >= 11 is 18.3. The van der Waals surface area contributed by atoms with Gasteiger partial charge in [0.1, 0.15) is 30.5 Å². The van der Waals surface area contributed by atoms with E-state index in [0.29, 0.717) is 43.4 Å². The molecule has 0 heterocycles. The molecule has 0 fully saturated rings. The molecule has 0 atom stereocenters. The molecule has 6 nitrogen and oxygen atoms in total. The molecule has 0 unspecified atom stereocenters. The Morgan fingerprint density at radius 3 is 2.47 bits per heavy atom. The summed E-state index contributed by atoms with van der Waals surface area (Å²) in [6, 6.07) is 17.0. The predicted molar refractivity (Wildman–Crippen MR) is 127 cm³/mol. The molecule has 3 aromatic carbocycles. The Balaban J connectivity index is 1.62. The molecule has 0 saturated carbocycles. The first kappa shape index (κ1) is 23.7. The third-order valence-corrected chi connectivity index (χ3v) is 4.87. The zero-order chi connectivity index (χ0) is 22.9. The highest BCUT2D eigenvalue weighted by molar-refractivity contribution is 6.36. The maximum atomic E-state index is 12.2. The normalized spacial score (nSPS) is 10.8. The van der Waals surface area contributed by atoms with Crippen molar-refractivity contribution in [1.82, 2.24) is 5.43 Å². The van der Waals surface area contributed by atoms with Gasteiger partial charge in [0.25, 0.3) is 5.91 Å². The number of hydrogen-bond acceptors (Lipinski definition) is 5. The quantitative estimate of drug-likeness (QED) is 0.230. The summed E-state index contributed by atoms with van der Waals surface area (Å²) in [7, 11) is 1.59. The van der Waals surface area contributed by atoms with Crippen molar-refractivity contribution in [1.29, 1.82) is 0 Å². The number of hydrogen-bond donors (Lipinski definition) is 1. The summed E-state index contributed by atoms with van der Waals surface area (Å²) in [5.74, 6) is 1.31. The lowest BCUT2D eigenvalue weighted by molar-refractivity contribution is 0.0955. The standard InChI is InChI=1S/C23H19Cl3N2O4/c1-30-19-6-3-7-20(13-19)31-8-9-32-22-16(11-18(25)12-21(22)26)14-27-28-23(29)15-4-2-5-17(24)10-15/h2-7,10-14H,8-9H2,1H3,(H,28,29)/b27-14-. The molecule has 166 valence electrons. The van der Waals surface area contributed by atoms with E-state index in [1.807, 2.05) is 18.2 Å². The molecule has 1 N–H and O–H groups in total. The fourth-order valence-corrected chi connectivity index (χ4v) is 3.43. The molecule has 0 aliphatic carbocycles. The third kappa shape index (κ3) is 6.79. The highest BCUT2D eigenvalue weighted by Gasteiger charge is 2.11. The van der Waals surface area contributed by atoms with Crippen molar-refractivity contribution in [3.8, 4) is 17.2 Å². The van der Waals surface area contributed by atoms with Crippen LogP contribution in [-0.2, 0) is 0 Å². The smallest absolute Gasteiger partial charge is 0.271 e. The Hall–Kier alpha value is -2.93. The number of hydrazone groups is 1. The molecular weight excluding hydrogens is 475 g/mol. The second-order valence-electron chi connectivity index (χ2n) is 6.39. The van der Waals surface area contributed by atoms with E-state index in [9.17, 15) is 4.79 Å². The largest absolute Gasteiger partial charge is 0.497 e. The minimum absolute atomic E-state index is 0.217. The van der Waals surface area contributed by atoms with Crippen molar-refractivity contribution < 1.29 is 19.0 Å². The molecule has 0 bridgehead atoms. The molecule has 0 aliphatic heterocycles. The summed E-state index contributed by atoms with van der Waals surface area (Å²) in [6.07, 6.45) is 1.40. The van der Waals surface area contributed by atoms with Crippen LogP contribution < -0.4 is 19.6 Å². The van der Waals surface area contributed by atoms with Gasteiger partial charge >= 0.3 is 0 Å². The van der Waals surface area contributed by atoms with Crippen molar-refractivity contribution in [3.05, 3.63) is 86.9 Å². The SMILES string of the molecule is COc1cccc(OCCOc2c(Cl)cc(Cl)cc2/C=N\NC(=O)c2cccc(Cl)c2)c1. The van der Waals surface area contributed by atoms with Gasteiger partial charge in [-0.1, -0.05) is 46.9 Å². The van der Waals surface area contributed by atoms with Gasteiger partial charge in [0.05, 0.1) is 18.3 Å². The van der Waals surface area contributed by atoms with E-state index in [1.54, 1.807) is 49.6 Å². The van der Waals surface area contributed by atoms with Crippen LogP contribution in [0.2, 0.25) is 15.1 Å². The maximum Gasteiger partial charge on any atom is 0.271 e. The number of rotatable bonds is 9. The molecule has 3 rings (SSSR count). The van der Waals surface area contributed by atoms with Crippen LogP contribution >= 0.6 is 34.8 Å². The summed E-state index contributed by atoms with van der Waals surface area (Å²) in [6.45, 7) is 0.489. The summed E-state index contributed by atoms with van der Waals surface area (Å²) in [5.41, 5.74) is 3.31. The van der Waals surface area contributed by atoms with Gasteiger partial charge in [-0.25, -0.2) is 5.43 Å². The fraction of sp³-hybridized carbons (Fsp3) is 0.130. The van der Waals surface area contributed by atoms with E-state index in [-0.39, 0.29) is 13.2 Å². The molecule has 32 heavy (non-hydrogen) atoms. The lowest BCUT2D eigenvalue weighted by Crippen LogP contribution is -2.17. The minimum Gasteiger partial charge on any atom is -0.497 e. The van der Waals surface area contributed by atoms with Crippen molar-refractivity contribution in [2.75, 3.05) is 20.3 Å². The van der Waals surface area contributed by atoms with Crippen LogP contribution in [0.5, 0.6) is 17.2 Å². The number of ether oxygens (including phenoxy) is 3. The number of carbonyl (C=O) groups is 1. The number of benzene rings is 3. The Labute approximate surface area is 200 Å². The number of nitrogens with one attached hydrogen (secondary N) is 1. The van der Waals surface area contributed by atoms with Gasteiger partial charge in [-0.15, -0.1) is 0 Å². The number of halogens is 3. The van der Waals surface area contributed by atoms with E-state index in [4.69, 9.17) is 49.0 Å². The third-order valence-electron chi connectivity index (χ3n) is 4.13. The van der Waals surface area contributed by atoms with Crippen LogP contribution in [0.15, 0.2) is 65.8 Å². The lowest BCUT2D eigenvalue weighted by Gasteiger charge is -2.13. The van der Waals surface area contributed by atoms with Crippen LogP contribution in [-0.4, -0.2) is 32.4 Å². The van der Waals surface area contributed by atoms with Crippen LogP contribution in [0, 0.1) is 0 Å². The Morgan fingerprint density at radius 1 is 0.938 bits per heavy atom. The molecular formula is C23H19Cl3N2O4. The van der Waals surface area contributed by atoms with E-state index in [0.717, 1.165) is 0 Å². The number of methoxy groups -OCH3 is 1. The molecule has 1 amide bonds. The van der Waals surface area contributed by atoms with Crippen molar-refractivity contribution in [3.63, 3.8) is 0 Å². The van der Waals surface area contributed by atoms with Gasteiger partial charge in [-0.2, -0.15) is 5.10 Å². The van der Waals surface area contributed by atoms with Gasteiger partial charge in [0.2, 0.25) is 0 Å².